The topological polar surface area (TPSA) is 96.0 Å². The molecule has 0 aliphatic heterocycles. The van der Waals surface area contributed by atoms with E-state index < -0.39 is 17.0 Å². The lowest BCUT2D eigenvalue weighted by molar-refractivity contribution is 0.103. The highest BCUT2D eigenvalue weighted by Crippen LogP contribution is 2.31. The van der Waals surface area contributed by atoms with Gasteiger partial charge in [0.15, 0.2) is 22.7 Å². The van der Waals surface area contributed by atoms with Crippen LogP contribution in [0.3, 0.4) is 0 Å². The standard InChI is InChI=1S/C21H12Br2O7/c1-27-15-7-11(22)3-9-5-13(20(25)29-18(9)15)17(24)14-6-10-4-12(23)8-16(28-2)19(10)30-21(14)26/h3-8H,1-2H3. The van der Waals surface area contributed by atoms with Crippen molar-refractivity contribution < 1.29 is 23.1 Å². The molecule has 0 unspecified atom stereocenters. The Balaban J connectivity index is 1.93. The molecule has 0 saturated heterocycles. The number of ketones is 1. The summed E-state index contributed by atoms with van der Waals surface area (Å²) in [7, 11) is 2.87. The minimum atomic E-state index is -0.889. The monoisotopic (exact) mass is 534 g/mol. The Hall–Kier alpha value is -2.91. The van der Waals surface area contributed by atoms with Crippen LogP contribution in [0.1, 0.15) is 15.9 Å². The van der Waals surface area contributed by atoms with Crippen molar-refractivity contribution in [3.05, 3.63) is 77.3 Å². The zero-order valence-corrected chi connectivity index (χ0v) is 18.7. The smallest absolute Gasteiger partial charge is 0.347 e. The molecular formula is C21H12Br2O7. The van der Waals surface area contributed by atoms with E-state index in [1.165, 1.54) is 26.4 Å². The molecule has 0 bridgehead atoms. The molecule has 0 N–H and O–H groups in total. The molecule has 0 radical (unpaired) electrons. The fourth-order valence-corrected chi connectivity index (χ4v) is 4.01. The number of carbonyl (C=O) groups is 1. The van der Waals surface area contributed by atoms with E-state index in [1.807, 2.05) is 0 Å². The summed E-state index contributed by atoms with van der Waals surface area (Å²) in [5.41, 5.74) is -1.98. The quantitative estimate of drug-likeness (QED) is 0.276. The van der Waals surface area contributed by atoms with Gasteiger partial charge in [-0.25, -0.2) is 9.59 Å². The minimum absolute atomic E-state index is 0.196. The van der Waals surface area contributed by atoms with E-state index in [9.17, 15) is 14.4 Å². The number of rotatable bonds is 4. The number of benzene rings is 2. The molecule has 0 spiro atoms. The highest BCUT2D eigenvalue weighted by molar-refractivity contribution is 9.10. The summed E-state index contributed by atoms with van der Waals surface area (Å²) in [5.74, 6) is -0.144. The predicted octanol–water partition coefficient (Wildman–Crippen LogP) is 4.67. The van der Waals surface area contributed by atoms with Crippen LogP contribution in [-0.4, -0.2) is 20.0 Å². The number of hydrogen-bond acceptors (Lipinski definition) is 7. The summed E-state index contributed by atoms with van der Waals surface area (Å²) in [6, 6.07) is 9.33. The lowest BCUT2D eigenvalue weighted by atomic mass is 10.0. The zero-order chi connectivity index (χ0) is 21.6. The number of fused-ring (bicyclic) bond motifs is 2. The number of carbonyl (C=O) groups excluding carboxylic acids is 1. The average Bonchev–Trinajstić information content (AvgIpc) is 2.71. The SMILES string of the molecule is COc1cc(Br)cc2cc(C(=O)c3cc4cc(Br)cc(OC)c4oc3=O)c(=O)oc12. The number of halogens is 2. The summed E-state index contributed by atoms with van der Waals surface area (Å²) < 4.78 is 22.4. The van der Waals surface area contributed by atoms with Crippen molar-refractivity contribution in [3.8, 4) is 11.5 Å². The van der Waals surface area contributed by atoms with Gasteiger partial charge in [-0.15, -0.1) is 0 Å². The van der Waals surface area contributed by atoms with Crippen LogP contribution in [0.4, 0.5) is 0 Å². The summed E-state index contributed by atoms with van der Waals surface area (Å²) in [5, 5.41) is 0.914. The van der Waals surface area contributed by atoms with E-state index in [-0.39, 0.29) is 22.3 Å². The van der Waals surface area contributed by atoms with E-state index in [2.05, 4.69) is 31.9 Å². The molecule has 0 aliphatic rings. The third-order valence-electron chi connectivity index (χ3n) is 4.45. The van der Waals surface area contributed by atoms with Crippen LogP contribution in [0.25, 0.3) is 21.9 Å². The predicted molar refractivity (Wildman–Crippen MR) is 117 cm³/mol. The molecule has 0 aliphatic carbocycles. The first kappa shape index (κ1) is 20.4. The van der Waals surface area contributed by atoms with Gasteiger partial charge in [0.25, 0.3) is 0 Å². The zero-order valence-electron chi connectivity index (χ0n) is 15.6. The summed E-state index contributed by atoms with van der Waals surface area (Å²) in [4.78, 5) is 38.1. The van der Waals surface area contributed by atoms with Crippen molar-refractivity contribution in [1.29, 1.82) is 0 Å². The Kier molecular flexibility index (Phi) is 5.25. The molecule has 7 nitrogen and oxygen atoms in total. The average molecular weight is 536 g/mol. The summed E-state index contributed by atoms with van der Waals surface area (Å²) in [6.07, 6.45) is 0. The molecule has 0 saturated carbocycles. The molecule has 9 heteroatoms. The van der Waals surface area contributed by atoms with Gasteiger partial charge in [-0.05, 0) is 36.4 Å². The lowest BCUT2D eigenvalue weighted by Gasteiger charge is -2.08. The maximum absolute atomic E-state index is 13.0. The maximum Gasteiger partial charge on any atom is 0.347 e. The lowest BCUT2D eigenvalue weighted by Crippen LogP contribution is -2.21. The molecule has 0 fully saturated rings. The second-order valence-corrected chi connectivity index (χ2v) is 8.11. The van der Waals surface area contributed by atoms with Crippen molar-refractivity contribution in [2.75, 3.05) is 14.2 Å². The fraction of sp³-hybridized carbons (Fsp3) is 0.0952. The number of ether oxygens (including phenoxy) is 2. The van der Waals surface area contributed by atoms with Crippen LogP contribution in [0.5, 0.6) is 11.5 Å². The Labute approximate surface area is 185 Å². The Morgan fingerprint density at radius 1 is 0.733 bits per heavy atom. The first-order chi connectivity index (χ1) is 14.3. The van der Waals surface area contributed by atoms with Gasteiger partial charge in [0.05, 0.1) is 14.2 Å². The third-order valence-corrected chi connectivity index (χ3v) is 5.37. The van der Waals surface area contributed by atoms with Crippen LogP contribution in [0.15, 0.2) is 63.8 Å². The second-order valence-electron chi connectivity index (χ2n) is 6.28. The van der Waals surface area contributed by atoms with Crippen LogP contribution in [-0.2, 0) is 0 Å². The molecule has 2 heterocycles. The van der Waals surface area contributed by atoms with Crippen LogP contribution >= 0.6 is 31.9 Å². The van der Waals surface area contributed by atoms with Gasteiger partial charge in [-0.1, -0.05) is 31.9 Å². The highest BCUT2D eigenvalue weighted by Gasteiger charge is 2.22. The van der Waals surface area contributed by atoms with E-state index in [0.29, 0.717) is 31.2 Å². The van der Waals surface area contributed by atoms with Gasteiger partial charge < -0.3 is 18.3 Å². The van der Waals surface area contributed by atoms with E-state index >= 15 is 0 Å². The van der Waals surface area contributed by atoms with E-state index in [0.717, 1.165) is 0 Å². The highest BCUT2D eigenvalue weighted by atomic mass is 79.9. The summed E-state index contributed by atoms with van der Waals surface area (Å²) in [6.45, 7) is 0. The molecule has 30 heavy (non-hydrogen) atoms. The van der Waals surface area contributed by atoms with Gasteiger partial charge in [0.1, 0.15) is 11.1 Å². The van der Waals surface area contributed by atoms with Crippen molar-refractivity contribution in [1.82, 2.24) is 0 Å². The number of hydrogen-bond donors (Lipinski definition) is 0. The Bertz CT molecular complexity index is 1340. The first-order valence-electron chi connectivity index (χ1n) is 8.50. The van der Waals surface area contributed by atoms with Crippen molar-refractivity contribution in [2.24, 2.45) is 0 Å². The van der Waals surface area contributed by atoms with E-state index in [1.54, 1.807) is 24.3 Å². The van der Waals surface area contributed by atoms with Crippen LogP contribution in [0.2, 0.25) is 0 Å². The molecule has 4 aromatic rings. The minimum Gasteiger partial charge on any atom is -0.493 e. The van der Waals surface area contributed by atoms with Gasteiger partial charge >= 0.3 is 11.3 Å². The van der Waals surface area contributed by atoms with Crippen molar-refractivity contribution in [2.45, 2.75) is 0 Å². The molecule has 4 rings (SSSR count). The maximum atomic E-state index is 13.0. The van der Waals surface area contributed by atoms with Gasteiger partial charge in [0.2, 0.25) is 5.78 Å². The first-order valence-corrected chi connectivity index (χ1v) is 10.1. The molecule has 2 aromatic carbocycles. The Morgan fingerprint density at radius 2 is 1.13 bits per heavy atom. The third kappa shape index (κ3) is 3.44. The number of methoxy groups -OCH3 is 2. The van der Waals surface area contributed by atoms with E-state index in [4.69, 9.17) is 18.3 Å². The molecule has 2 aromatic heterocycles. The molecular weight excluding hydrogens is 524 g/mol. The van der Waals surface area contributed by atoms with Crippen LogP contribution < -0.4 is 20.7 Å². The molecule has 0 atom stereocenters. The summed E-state index contributed by atoms with van der Waals surface area (Å²) >= 11 is 6.68. The fourth-order valence-electron chi connectivity index (χ4n) is 3.10. The van der Waals surface area contributed by atoms with Crippen LogP contribution in [0, 0.1) is 0 Å². The second kappa shape index (κ2) is 7.73. The van der Waals surface area contributed by atoms with Gasteiger partial charge in [-0.2, -0.15) is 0 Å². The molecule has 0 amide bonds. The normalized spacial score (nSPS) is 11.1. The van der Waals surface area contributed by atoms with Crippen molar-refractivity contribution in [3.63, 3.8) is 0 Å². The van der Waals surface area contributed by atoms with Gasteiger partial charge in [-0.3, -0.25) is 4.79 Å². The molecule has 152 valence electrons. The Morgan fingerprint density at radius 3 is 1.50 bits per heavy atom. The largest absolute Gasteiger partial charge is 0.493 e. The van der Waals surface area contributed by atoms with Crippen molar-refractivity contribution >= 4 is 59.6 Å². The van der Waals surface area contributed by atoms with Gasteiger partial charge in [0, 0.05) is 19.7 Å².